The van der Waals surface area contributed by atoms with Gasteiger partial charge in [0.15, 0.2) is 11.5 Å². The van der Waals surface area contributed by atoms with Gasteiger partial charge in [0, 0.05) is 0 Å². The highest BCUT2D eigenvalue weighted by Crippen LogP contribution is 2.30. The van der Waals surface area contributed by atoms with E-state index in [1.54, 1.807) is 7.11 Å². The van der Waals surface area contributed by atoms with E-state index >= 15 is 0 Å². The summed E-state index contributed by atoms with van der Waals surface area (Å²) in [5.74, 6) is 1.40. The Bertz CT molecular complexity index is 625. The zero-order valence-electron chi connectivity index (χ0n) is 14.9. The minimum atomic E-state index is 0.218. The van der Waals surface area contributed by atoms with Crippen LogP contribution in [0.15, 0.2) is 49.1 Å². The molecule has 23 heavy (non-hydrogen) atoms. The molecular weight excluding hydrogens is 284 g/mol. The Morgan fingerprint density at radius 1 is 1.13 bits per heavy atom. The number of ether oxygens (including phenoxy) is 1. The Hall–Kier alpha value is -2.22. The number of hydrogen-bond acceptors (Lipinski definition) is 2. The average Bonchev–Trinajstić information content (AvgIpc) is 2.52. The molecule has 0 atom stereocenters. The van der Waals surface area contributed by atoms with Crippen molar-refractivity contribution in [1.29, 1.82) is 0 Å². The molecule has 0 heterocycles. The van der Waals surface area contributed by atoms with Gasteiger partial charge in [0.1, 0.15) is 0 Å². The highest BCUT2D eigenvalue weighted by molar-refractivity contribution is 5.48. The Morgan fingerprint density at radius 2 is 1.74 bits per heavy atom. The van der Waals surface area contributed by atoms with Crippen molar-refractivity contribution >= 4 is 0 Å². The Balaban J connectivity index is 0.000000238. The van der Waals surface area contributed by atoms with Crippen molar-refractivity contribution in [3.63, 3.8) is 0 Å². The summed E-state index contributed by atoms with van der Waals surface area (Å²) in [4.78, 5) is 0. The van der Waals surface area contributed by atoms with Crippen molar-refractivity contribution in [3.8, 4) is 11.5 Å². The van der Waals surface area contributed by atoms with Crippen molar-refractivity contribution in [2.75, 3.05) is 7.11 Å². The van der Waals surface area contributed by atoms with Gasteiger partial charge in [-0.3, -0.25) is 0 Å². The van der Waals surface area contributed by atoms with Crippen LogP contribution in [-0.2, 0) is 6.42 Å². The monoisotopic (exact) mass is 312 g/mol. The summed E-state index contributed by atoms with van der Waals surface area (Å²) in [6.07, 6.45) is 2.61. The molecule has 0 amide bonds. The van der Waals surface area contributed by atoms with Gasteiger partial charge in [0.25, 0.3) is 0 Å². The highest BCUT2D eigenvalue weighted by Gasteiger charge is 2.05. The third-order valence-electron chi connectivity index (χ3n) is 3.67. The third kappa shape index (κ3) is 5.82. The molecule has 0 fully saturated rings. The molecular formula is C21H28O2. The molecule has 0 radical (unpaired) electrons. The lowest BCUT2D eigenvalue weighted by atomic mass is 10.0. The molecule has 0 unspecified atom stereocenters. The Labute approximate surface area is 140 Å². The largest absolute Gasteiger partial charge is 0.504 e. The average molecular weight is 312 g/mol. The first-order chi connectivity index (χ1) is 10.9. The summed E-state index contributed by atoms with van der Waals surface area (Å²) in [6.45, 7) is 12.1. The number of phenolic OH excluding ortho intramolecular Hbond substituents is 1. The molecule has 0 saturated carbocycles. The summed E-state index contributed by atoms with van der Waals surface area (Å²) in [7, 11) is 1.55. The number of aromatic hydroxyl groups is 1. The molecule has 0 spiro atoms. The van der Waals surface area contributed by atoms with Crippen LogP contribution in [0.2, 0.25) is 0 Å². The standard InChI is InChI=1S/C11H14O2.C10H14/c1-4-5-9-6-8(2)11(12)10(7-9)13-3;1-8(2)10-6-4-9(3)5-7-10/h4,6-7,12H,1,5H2,2-3H3;4-8H,1-3H3. The predicted molar refractivity (Wildman–Crippen MR) is 98.6 cm³/mol. The summed E-state index contributed by atoms with van der Waals surface area (Å²) < 4.78 is 5.03. The smallest absolute Gasteiger partial charge is 0.161 e. The quantitative estimate of drug-likeness (QED) is 0.749. The van der Waals surface area contributed by atoms with Gasteiger partial charge in [-0.05, 0) is 48.9 Å². The molecule has 0 aliphatic heterocycles. The normalized spacial score (nSPS) is 10.0. The maximum absolute atomic E-state index is 9.54. The van der Waals surface area contributed by atoms with E-state index in [0.717, 1.165) is 17.5 Å². The molecule has 2 aromatic rings. The van der Waals surface area contributed by atoms with Gasteiger partial charge in [-0.25, -0.2) is 0 Å². The predicted octanol–water partition coefficient (Wildman–Crippen LogP) is 5.56. The lowest BCUT2D eigenvalue weighted by Gasteiger charge is -2.08. The minimum absolute atomic E-state index is 0.218. The molecule has 0 aliphatic rings. The fourth-order valence-electron chi connectivity index (χ4n) is 2.21. The van der Waals surface area contributed by atoms with E-state index in [1.165, 1.54) is 11.1 Å². The lowest BCUT2D eigenvalue weighted by Crippen LogP contribution is -1.89. The zero-order chi connectivity index (χ0) is 17.4. The van der Waals surface area contributed by atoms with Gasteiger partial charge in [-0.1, -0.05) is 55.8 Å². The lowest BCUT2D eigenvalue weighted by molar-refractivity contribution is 0.371. The number of benzene rings is 2. The van der Waals surface area contributed by atoms with Crippen LogP contribution in [-0.4, -0.2) is 12.2 Å². The van der Waals surface area contributed by atoms with Crippen molar-refractivity contribution in [3.05, 3.63) is 71.3 Å². The first kappa shape index (κ1) is 18.8. The van der Waals surface area contributed by atoms with Crippen LogP contribution in [0, 0.1) is 13.8 Å². The molecule has 0 aliphatic carbocycles. The Morgan fingerprint density at radius 3 is 2.22 bits per heavy atom. The maximum Gasteiger partial charge on any atom is 0.161 e. The van der Waals surface area contributed by atoms with Gasteiger partial charge in [0.05, 0.1) is 7.11 Å². The van der Waals surface area contributed by atoms with Gasteiger partial charge >= 0.3 is 0 Å². The number of aryl methyl sites for hydroxylation is 2. The second-order valence-corrected chi connectivity index (χ2v) is 6.02. The molecule has 0 aromatic heterocycles. The fourth-order valence-corrected chi connectivity index (χ4v) is 2.21. The van der Waals surface area contributed by atoms with E-state index in [2.05, 4.69) is 51.6 Å². The van der Waals surface area contributed by atoms with Crippen LogP contribution in [0.4, 0.5) is 0 Å². The second kappa shape index (κ2) is 9.04. The SMILES string of the molecule is C=CCc1cc(C)c(O)c(OC)c1.Cc1ccc(C(C)C)cc1. The van der Waals surface area contributed by atoms with E-state index in [0.29, 0.717) is 11.7 Å². The molecule has 124 valence electrons. The van der Waals surface area contributed by atoms with E-state index in [9.17, 15) is 5.11 Å². The van der Waals surface area contributed by atoms with Crippen molar-refractivity contribution in [1.82, 2.24) is 0 Å². The molecule has 2 nitrogen and oxygen atoms in total. The van der Waals surface area contributed by atoms with Crippen molar-refractivity contribution < 1.29 is 9.84 Å². The summed E-state index contributed by atoms with van der Waals surface area (Å²) in [5.41, 5.74) is 4.69. The Kier molecular flexibility index (Phi) is 7.40. The van der Waals surface area contributed by atoms with Gasteiger partial charge in [-0.15, -0.1) is 6.58 Å². The first-order valence-electron chi connectivity index (χ1n) is 7.93. The molecule has 2 rings (SSSR count). The van der Waals surface area contributed by atoms with Crippen LogP contribution < -0.4 is 4.74 Å². The van der Waals surface area contributed by atoms with Gasteiger partial charge < -0.3 is 9.84 Å². The summed E-state index contributed by atoms with van der Waals surface area (Å²) in [5, 5.41) is 9.54. The number of rotatable bonds is 4. The maximum atomic E-state index is 9.54. The second-order valence-electron chi connectivity index (χ2n) is 6.02. The van der Waals surface area contributed by atoms with Crippen LogP contribution in [0.5, 0.6) is 11.5 Å². The topological polar surface area (TPSA) is 29.5 Å². The van der Waals surface area contributed by atoms with E-state index in [4.69, 9.17) is 4.74 Å². The first-order valence-corrected chi connectivity index (χ1v) is 7.93. The summed E-state index contributed by atoms with van der Waals surface area (Å²) in [6, 6.07) is 12.5. The molecule has 1 N–H and O–H groups in total. The number of hydrogen-bond donors (Lipinski definition) is 1. The van der Waals surface area contributed by atoms with E-state index in [1.807, 2.05) is 25.1 Å². The molecule has 0 bridgehead atoms. The third-order valence-corrected chi connectivity index (χ3v) is 3.67. The van der Waals surface area contributed by atoms with Gasteiger partial charge in [0.2, 0.25) is 0 Å². The minimum Gasteiger partial charge on any atom is -0.504 e. The van der Waals surface area contributed by atoms with Crippen LogP contribution in [0.1, 0.15) is 42.0 Å². The fraction of sp³-hybridized carbons (Fsp3) is 0.333. The van der Waals surface area contributed by atoms with Crippen LogP contribution in [0.3, 0.4) is 0 Å². The molecule has 2 aromatic carbocycles. The van der Waals surface area contributed by atoms with Crippen molar-refractivity contribution in [2.24, 2.45) is 0 Å². The van der Waals surface area contributed by atoms with Gasteiger partial charge in [-0.2, -0.15) is 0 Å². The number of methoxy groups -OCH3 is 1. The van der Waals surface area contributed by atoms with Crippen molar-refractivity contribution in [2.45, 2.75) is 40.0 Å². The number of phenols is 1. The van der Waals surface area contributed by atoms with E-state index < -0.39 is 0 Å². The summed E-state index contributed by atoms with van der Waals surface area (Å²) >= 11 is 0. The molecule has 0 saturated heterocycles. The molecule has 2 heteroatoms. The van der Waals surface area contributed by atoms with Crippen LogP contribution in [0.25, 0.3) is 0 Å². The van der Waals surface area contributed by atoms with E-state index in [-0.39, 0.29) is 5.75 Å². The highest BCUT2D eigenvalue weighted by atomic mass is 16.5. The van der Waals surface area contributed by atoms with Crippen LogP contribution >= 0.6 is 0 Å². The number of allylic oxidation sites excluding steroid dienone is 1. The zero-order valence-corrected chi connectivity index (χ0v) is 14.9.